The fourth-order valence-corrected chi connectivity index (χ4v) is 3.32. The molecule has 2 atom stereocenters. The van der Waals surface area contributed by atoms with Crippen LogP contribution in [0.5, 0.6) is 0 Å². The molecule has 0 aromatic heterocycles. The van der Waals surface area contributed by atoms with Gasteiger partial charge in [0.25, 0.3) is 0 Å². The SMILES string of the molecule is CC1(C(=O)O)CCCC1NC(=O)CCc1cccc(Br)c1. The Morgan fingerprint density at radius 1 is 1.48 bits per heavy atom. The first-order chi connectivity index (χ1) is 9.91. The van der Waals surface area contributed by atoms with Gasteiger partial charge >= 0.3 is 5.97 Å². The first-order valence-corrected chi connectivity index (χ1v) is 7.98. The average molecular weight is 354 g/mol. The molecule has 0 bridgehead atoms. The van der Waals surface area contributed by atoms with Crippen LogP contribution >= 0.6 is 15.9 Å². The topological polar surface area (TPSA) is 66.4 Å². The number of halogens is 1. The summed E-state index contributed by atoms with van der Waals surface area (Å²) in [6.45, 7) is 1.72. The predicted molar refractivity (Wildman–Crippen MR) is 84.0 cm³/mol. The normalized spacial score (nSPS) is 24.8. The highest BCUT2D eigenvalue weighted by Gasteiger charge is 2.45. The monoisotopic (exact) mass is 353 g/mol. The number of carboxylic acid groups (broad SMARTS) is 1. The van der Waals surface area contributed by atoms with Gasteiger partial charge in [-0.3, -0.25) is 9.59 Å². The van der Waals surface area contributed by atoms with E-state index in [0.29, 0.717) is 19.3 Å². The number of amides is 1. The maximum absolute atomic E-state index is 12.1. The minimum Gasteiger partial charge on any atom is -0.481 e. The lowest BCUT2D eigenvalue weighted by Gasteiger charge is -2.27. The van der Waals surface area contributed by atoms with Crippen molar-refractivity contribution in [2.75, 3.05) is 0 Å². The van der Waals surface area contributed by atoms with Crippen LogP contribution in [0.4, 0.5) is 0 Å². The third kappa shape index (κ3) is 3.84. The van der Waals surface area contributed by atoms with E-state index in [2.05, 4.69) is 21.2 Å². The van der Waals surface area contributed by atoms with E-state index in [1.807, 2.05) is 24.3 Å². The fraction of sp³-hybridized carbons (Fsp3) is 0.500. The van der Waals surface area contributed by atoms with Crippen molar-refractivity contribution in [1.29, 1.82) is 0 Å². The molecular formula is C16H20BrNO3. The van der Waals surface area contributed by atoms with Crippen molar-refractivity contribution in [2.24, 2.45) is 5.41 Å². The Balaban J connectivity index is 1.89. The van der Waals surface area contributed by atoms with Gasteiger partial charge in [0.2, 0.25) is 5.91 Å². The summed E-state index contributed by atoms with van der Waals surface area (Å²) in [4.78, 5) is 23.4. The molecular weight excluding hydrogens is 334 g/mol. The first kappa shape index (κ1) is 16.0. The maximum atomic E-state index is 12.1. The number of carboxylic acids is 1. The van der Waals surface area contributed by atoms with Gasteiger partial charge < -0.3 is 10.4 Å². The second kappa shape index (κ2) is 6.60. The molecule has 1 aliphatic rings. The van der Waals surface area contributed by atoms with Gasteiger partial charge in [0.1, 0.15) is 0 Å². The maximum Gasteiger partial charge on any atom is 0.311 e. The third-order valence-electron chi connectivity index (χ3n) is 4.31. The van der Waals surface area contributed by atoms with Gasteiger partial charge in [-0.2, -0.15) is 0 Å². The second-order valence-electron chi connectivity index (χ2n) is 5.86. The Bertz CT molecular complexity index is 546. The Kier molecular flexibility index (Phi) is 5.04. The van der Waals surface area contributed by atoms with Gasteiger partial charge in [0, 0.05) is 16.9 Å². The van der Waals surface area contributed by atoms with Crippen LogP contribution in [0.15, 0.2) is 28.7 Å². The van der Waals surface area contributed by atoms with Crippen LogP contribution in [0, 0.1) is 5.41 Å². The number of carbonyl (C=O) groups is 2. The smallest absolute Gasteiger partial charge is 0.311 e. The largest absolute Gasteiger partial charge is 0.481 e. The van der Waals surface area contributed by atoms with Gasteiger partial charge in [0.15, 0.2) is 0 Å². The molecule has 114 valence electrons. The van der Waals surface area contributed by atoms with E-state index in [9.17, 15) is 14.7 Å². The summed E-state index contributed by atoms with van der Waals surface area (Å²) in [5.41, 5.74) is 0.262. The number of hydrogen-bond acceptors (Lipinski definition) is 2. The van der Waals surface area contributed by atoms with Crippen LogP contribution in [-0.2, 0) is 16.0 Å². The molecule has 2 N–H and O–H groups in total. The molecule has 21 heavy (non-hydrogen) atoms. The number of rotatable bonds is 5. The summed E-state index contributed by atoms with van der Waals surface area (Å²) in [5, 5.41) is 12.2. The van der Waals surface area contributed by atoms with Gasteiger partial charge in [-0.25, -0.2) is 0 Å². The average Bonchev–Trinajstić information content (AvgIpc) is 2.79. The zero-order valence-corrected chi connectivity index (χ0v) is 13.6. The van der Waals surface area contributed by atoms with Crippen LogP contribution in [0.2, 0.25) is 0 Å². The lowest BCUT2D eigenvalue weighted by Crippen LogP contribution is -2.47. The molecule has 1 aromatic carbocycles. The summed E-state index contributed by atoms with van der Waals surface area (Å²) in [7, 11) is 0. The minimum atomic E-state index is -0.828. The first-order valence-electron chi connectivity index (χ1n) is 7.19. The molecule has 5 heteroatoms. The molecule has 2 unspecified atom stereocenters. The Labute approximate surface area is 133 Å². The molecule has 2 rings (SSSR count). The van der Waals surface area contributed by atoms with Crippen molar-refractivity contribution in [3.8, 4) is 0 Å². The summed E-state index contributed by atoms with van der Waals surface area (Å²) in [6.07, 6.45) is 3.24. The number of aliphatic carboxylic acids is 1. The molecule has 0 saturated heterocycles. The zero-order valence-electron chi connectivity index (χ0n) is 12.1. The Hall–Kier alpha value is -1.36. The molecule has 0 heterocycles. The van der Waals surface area contributed by atoms with Crippen molar-refractivity contribution in [2.45, 2.75) is 45.1 Å². The standard InChI is InChI=1S/C16H20BrNO3/c1-16(15(20)21)9-3-6-13(16)18-14(19)8-7-11-4-2-5-12(17)10-11/h2,4-5,10,13H,3,6-9H2,1H3,(H,18,19)(H,20,21). The quantitative estimate of drug-likeness (QED) is 0.854. The molecule has 0 spiro atoms. The Morgan fingerprint density at radius 3 is 2.90 bits per heavy atom. The minimum absolute atomic E-state index is 0.0747. The predicted octanol–water partition coefficient (Wildman–Crippen LogP) is 3.14. The molecule has 1 fully saturated rings. The number of aryl methyl sites for hydroxylation is 1. The number of benzene rings is 1. The molecule has 0 radical (unpaired) electrons. The van der Waals surface area contributed by atoms with E-state index >= 15 is 0 Å². The highest BCUT2D eigenvalue weighted by Crippen LogP contribution is 2.38. The summed E-state index contributed by atoms with van der Waals surface area (Å²) < 4.78 is 0.995. The van der Waals surface area contributed by atoms with Crippen LogP contribution in [0.3, 0.4) is 0 Å². The molecule has 1 amide bonds. The molecule has 1 aliphatic carbocycles. The molecule has 4 nitrogen and oxygen atoms in total. The van der Waals surface area contributed by atoms with Gasteiger partial charge in [-0.1, -0.05) is 34.5 Å². The number of nitrogens with one attached hydrogen (secondary N) is 1. The van der Waals surface area contributed by atoms with E-state index < -0.39 is 11.4 Å². The van der Waals surface area contributed by atoms with E-state index in [-0.39, 0.29) is 11.9 Å². The lowest BCUT2D eigenvalue weighted by atomic mass is 9.85. The van der Waals surface area contributed by atoms with Crippen molar-refractivity contribution >= 4 is 27.8 Å². The highest BCUT2D eigenvalue weighted by atomic mass is 79.9. The van der Waals surface area contributed by atoms with Crippen LogP contribution in [-0.4, -0.2) is 23.0 Å². The van der Waals surface area contributed by atoms with Gasteiger partial charge in [0.05, 0.1) is 5.41 Å². The van der Waals surface area contributed by atoms with Crippen LogP contribution in [0.25, 0.3) is 0 Å². The van der Waals surface area contributed by atoms with Gasteiger partial charge in [-0.05, 0) is 43.9 Å². The summed E-state index contributed by atoms with van der Waals surface area (Å²) in [6, 6.07) is 7.60. The zero-order chi connectivity index (χ0) is 15.5. The van der Waals surface area contributed by atoms with Crippen molar-refractivity contribution < 1.29 is 14.7 Å². The molecule has 0 aliphatic heterocycles. The lowest BCUT2D eigenvalue weighted by molar-refractivity contribution is -0.149. The highest BCUT2D eigenvalue weighted by molar-refractivity contribution is 9.10. The molecule has 1 saturated carbocycles. The van der Waals surface area contributed by atoms with Crippen molar-refractivity contribution in [3.63, 3.8) is 0 Å². The number of carbonyl (C=O) groups excluding carboxylic acids is 1. The molecule has 1 aromatic rings. The fourth-order valence-electron chi connectivity index (χ4n) is 2.87. The van der Waals surface area contributed by atoms with Crippen LogP contribution < -0.4 is 5.32 Å². The van der Waals surface area contributed by atoms with E-state index in [4.69, 9.17) is 0 Å². The second-order valence-corrected chi connectivity index (χ2v) is 6.78. The van der Waals surface area contributed by atoms with E-state index in [1.54, 1.807) is 6.92 Å². The van der Waals surface area contributed by atoms with E-state index in [1.165, 1.54) is 0 Å². The Morgan fingerprint density at radius 2 is 2.24 bits per heavy atom. The number of hydrogen-bond donors (Lipinski definition) is 2. The van der Waals surface area contributed by atoms with Crippen molar-refractivity contribution in [1.82, 2.24) is 5.32 Å². The van der Waals surface area contributed by atoms with E-state index in [0.717, 1.165) is 22.9 Å². The summed E-state index contributed by atoms with van der Waals surface area (Å²) in [5.74, 6) is -0.897. The third-order valence-corrected chi connectivity index (χ3v) is 4.80. The van der Waals surface area contributed by atoms with Crippen LogP contribution in [0.1, 0.15) is 38.2 Å². The summed E-state index contributed by atoms with van der Waals surface area (Å²) >= 11 is 3.41. The van der Waals surface area contributed by atoms with Crippen molar-refractivity contribution in [3.05, 3.63) is 34.3 Å². The van der Waals surface area contributed by atoms with Gasteiger partial charge in [-0.15, -0.1) is 0 Å².